The largest absolute Gasteiger partial charge is 0.389 e. The predicted octanol–water partition coefficient (Wildman–Crippen LogP) is 0.529. The van der Waals surface area contributed by atoms with Crippen LogP contribution in [0, 0.1) is 5.92 Å². The number of hydrogen-bond acceptors (Lipinski definition) is 5. The Labute approximate surface area is 116 Å². The third kappa shape index (κ3) is 5.02. The van der Waals surface area contributed by atoms with Crippen LogP contribution in [0.5, 0.6) is 0 Å². The average Bonchev–Trinajstić information content (AvgIpc) is 2.23. The number of rotatable bonds is 6. The third-order valence-corrected chi connectivity index (χ3v) is 5.89. The van der Waals surface area contributed by atoms with Crippen LogP contribution < -0.4 is 0 Å². The van der Waals surface area contributed by atoms with E-state index in [-0.39, 0.29) is 5.75 Å². The molecule has 0 aliphatic carbocycles. The second-order valence-corrected chi connectivity index (χ2v) is 9.14. The Kier molecular flexibility index (Phi) is 5.79. The molecule has 0 spiro atoms. The summed E-state index contributed by atoms with van der Waals surface area (Å²) < 4.78 is 28.4. The van der Waals surface area contributed by atoms with Crippen LogP contribution in [0.15, 0.2) is 0 Å². The molecule has 6 heteroatoms. The first kappa shape index (κ1) is 16.9. The maximum Gasteiger partial charge on any atom is 0.157 e. The van der Waals surface area contributed by atoms with Crippen molar-refractivity contribution in [2.75, 3.05) is 38.6 Å². The van der Waals surface area contributed by atoms with Gasteiger partial charge in [-0.15, -0.1) is 0 Å². The van der Waals surface area contributed by atoms with E-state index in [9.17, 15) is 13.5 Å². The predicted molar refractivity (Wildman–Crippen MR) is 76.0 cm³/mol. The summed E-state index contributed by atoms with van der Waals surface area (Å²) in [4.78, 5) is 2.00. The monoisotopic (exact) mass is 293 g/mol. The summed E-state index contributed by atoms with van der Waals surface area (Å²) in [7, 11) is -3.01. The van der Waals surface area contributed by atoms with Gasteiger partial charge in [-0.25, -0.2) is 8.42 Å². The standard InChI is InChI=1S/C13H27NO4S/c1-11(2)8-18-9-12(15)7-14-5-6-19(16,17)13(3,4)10-14/h11-12,15H,5-10H2,1-4H3. The molecular weight excluding hydrogens is 266 g/mol. The molecular formula is C13H27NO4S. The minimum absolute atomic E-state index is 0.166. The molecule has 1 rings (SSSR count). The van der Waals surface area contributed by atoms with E-state index in [1.807, 2.05) is 4.90 Å². The van der Waals surface area contributed by atoms with E-state index in [0.29, 0.717) is 38.8 Å². The topological polar surface area (TPSA) is 66.8 Å². The first-order valence-electron chi connectivity index (χ1n) is 6.84. The van der Waals surface area contributed by atoms with Crippen molar-refractivity contribution in [3.63, 3.8) is 0 Å². The van der Waals surface area contributed by atoms with Crippen LogP contribution >= 0.6 is 0 Å². The van der Waals surface area contributed by atoms with Crippen molar-refractivity contribution in [3.8, 4) is 0 Å². The lowest BCUT2D eigenvalue weighted by Crippen LogP contribution is -2.54. The van der Waals surface area contributed by atoms with Crippen LogP contribution in [-0.4, -0.2) is 67.9 Å². The van der Waals surface area contributed by atoms with E-state index >= 15 is 0 Å². The van der Waals surface area contributed by atoms with Gasteiger partial charge >= 0.3 is 0 Å². The molecule has 0 amide bonds. The Bertz CT molecular complexity index is 378. The van der Waals surface area contributed by atoms with E-state index in [1.165, 1.54) is 0 Å². The van der Waals surface area contributed by atoms with Crippen LogP contribution in [0.2, 0.25) is 0 Å². The van der Waals surface area contributed by atoms with Gasteiger partial charge in [0.05, 0.1) is 23.2 Å². The maximum absolute atomic E-state index is 11.9. The van der Waals surface area contributed by atoms with Gasteiger partial charge in [0.2, 0.25) is 0 Å². The summed E-state index contributed by atoms with van der Waals surface area (Å²) in [6.45, 7) is 9.99. The van der Waals surface area contributed by atoms with Gasteiger partial charge in [0.15, 0.2) is 9.84 Å². The second kappa shape index (κ2) is 6.52. The first-order valence-corrected chi connectivity index (χ1v) is 8.50. The SMILES string of the molecule is CC(C)COCC(O)CN1CCS(=O)(=O)C(C)(C)C1. The molecule has 1 N–H and O–H groups in total. The number of aliphatic hydroxyl groups excluding tert-OH is 1. The quantitative estimate of drug-likeness (QED) is 0.774. The van der Waals surface area contributed by atoms with Gasteiger partial charge in [0.1, 0.15) is 0 Å². The van der Waals surface area contributed by atoms with Crippen molar-refractivity contribution in [3.05, 3.63) is 0 Å². The summed E-state index contributed by atoms with van der Waals surface area (Å²) >= 11 is 0. The summed E-state index contributed by atoms with van der Waals surface area (Å²) in [5, 5.41) is 9.90. The summed E-state index contributed by atoms with van der Waals surface area (Å²) in [6.07, 6.45) is -0.560. The zero-order valence-electron chi connectivity index (χ0n) is 12.4. The lowest BCUT2D eigenvalue weighted by atomic mass is 10.1. The molecule has 1 aliphatic heterocycles. The molecule has 0 aromatic carbocycles. The number of β-amino-alcohol motifs (C(OH)–C–C–N with tert-alkyl or cyclic N) is 1. The van der Waals surface area contributed by atoms with Crippen molar-refractivity contribution < 1.29 is 18.3 Å². The molecule has 0 saturated carbocycles. The van der Waals surface area contributed by atoms with Crippen molar-refractivity contribution in [1.82, 2.24) is 4.90 Å². The minimum atomic E-state index is -3.01. The molecule has 5 nitrogen and oxygen atoms in total. The number of nitrogens with zero attached hydrogens (tertiary/aromatic N) is 1. The molecule has 0 bridgehead atoms. The number of aliphatic hydroxyl groups is 1. The molecule has 1 heterocycles. The Hall–Kier alpha value is -0.170. The van der Waals surface area contributed by atoms with Crippen molar-refractivity contribution in [2.24, 2.45) is 5.92 Å². The van der Waals surface area contributed by atoms with E-state index in [1.54, 1.807) is 13.8 Å². The average molecular weight is 293 g/mol. The molecule has 1 unspecified atom stereocenters. The molecule has 0 aromatic rings. The number of ether oxygens (including phenoxy) is 1. The van der Waals surface area contributed by atoms with Crippen LogP contribution in [0.4, 0.5) is 0 Å². The number of hydrogen-bond donors (Lipinski definition) is 1. The highest BCUT2D eigenvalue weighted by Crippen LogP contribution is 2.23. The van der Waals surface area contributed by atoms with E-state index in [0.717, 1.165) is 0 Å². The Balaban J connectivity index is 2.38. The summed E-state index contributed by atoms with van der Waals surface area (Å²) in [5.41, 5.74) is 0. The van der Waals surface area contributed by atoms with E-state index in [2.05, 4.69) is 13.8 Å². The zero-order valence-corrected chi connectivity index (χ0v) is 13.2. The molecule has 114 valence electrons. The highest BCUT2D eigenvalue weighted by molar-refractivity contribution is 7.92. The van der Waals surface area contributed by atoms with Crippen LogP contribution in [0.3, 0.4) is 0 Å². The van der Waals surface area contributed by atoms with Gasteiger partial charge in [-0.2, -0.15) is 0 Å². The highest BCUT2D eigenvalue weighted by atomic mass is 32.2. The summed E-state index contributed by atoms with van der Waals surface area (Å²) in [6, 6.07) is 0. The molecule has 1 atom stereocenters. The van der Waals surface area contributed by atoms with Crippen molar-refractivity contribution in [1.29, 1.82) is 0 Å². The lowest BCUT2D eigenvalue weighted by molar-refractivity contribution is 0.00724. The van der Waals surface area contributed by atoms with Gasteiger partial charge in [-0.3, -0.25) is 4.90 Å². The second-order valence-electron chi connectivity index (χ2n) is 6.40. The van der Waals surface area contributed by atoms with E-state index in [4.69, 9.17) is 4.74 Å². The minimum Gasteiger partial charge on any atom is -0.389 e. The zero-order chi connectivity index (χ0) is 14.7. The highest BCUT2D eigenvalue weighted by Gasteiger charge is 2.40. The molecule has 0 radical (unpaired) electrons. The molecule has 1 aliphatic rings. The molecule has 1 saturated heterocycles. The lowest BCUT2D eigenvalue weighted by Gasteiger charge is -2.38. The summed E-state index contributed by atoms with van der Waals surface area (Å²) in [5.74, 6) is 0.616. The first-order chi connectivity index (χ1) is 8.64. The van der Waals surface area contributed by atoms with Crippen molar-refractivity contribution >= 4 is 9.84 Å². The van der Waals surface area contributed by atoms with Gasteiger partial charge in [-0.05, 0) is 19.8 Å². The van der Waals surface area contributed by atoms with Crippen molar-refractivity contribution in [2.45, 2.75) is 38.5 Å². The van der Waals surface area contributed by atoms with Gasteiger partial charge < -0.3 is 9.84 Å². The fraction of sp³-hybridized carbons (Fsp3) is 1.00. The van der Waals surface area contributed by atoms with E-state index < -0.39 is 20.7 Å². The molecule has 1 fully saturated rings. The Morgan fingerprint density at radius 3 is 2.47 bits per heavy atom. The van der Waals surface area contributed by atoms with Gasteiger partial charge in [0.25, 0.3) is 0 Å². The Morgan fingerprint density at radius 1 is 1.32 bits per heavy atom. The molecule has 19 heavy (non-hydrogen) atoms. The van der Waals surface area contributed by atoms with Crippen LogP contribution in [0.25, 0.3) is 0 Å². The fourth-order valence-corrected chi connectivity index (χ4v) is 3.62. The smallest absolute Gasteiger partial charge is 0.157 e. The maximum atomic E-state index is 11.9. The number of sulfone groups is 1. The van der Waals surface area contributed by atoms with Gasteiger partial charge in [0, 0.05) is 26.2 Å². The fourth-order valence-electron chi connectivity index (χ4n) is 2.19. The van der Waals surface area contributed by atoms with Crippen LogP contribution in [-0.2, 0) is 14.6 Å². The van der Waals surface area contributed by atoms with Crippen LogP contribution in [0.1, 0.15) is 27.7 Å². The normalized spacial score (nSPS) is 24.5. The van der Waals surface area contributed by atoms with Gasteiger partial charge in [-0.1, -0.05) is 13.8 Å². The Morgan fingerprint density at radius 2 is 1.95 bits per heavy atom. The molecule has 0 aromatic heterocycles. The third-order valence-electron chi connectivity index (χ3n) is 3.35.